The van der Waals surface area contributed by atoms with E-state index in [0.29, 0.717) is 0 Å². The number of aromatic nitrogens is 2. The summed E-state index contributed by atoms with van der Waals surface area (Å²) in [7, 11) is 3.52. The lowest BCUT2D eigenvalue weighted by Gasteiger charge is -2.08. The Kier molecular flexibility index (Phi) is 3.77. The van der Waals surface area contributed by atoms with Gasteiger partial charge in [-0.05, 0) is 12.1 Å². The lowest BCUT2D eigenvalue weighted by molar-refractivity contribution is 0.415. The summed E-state index contributed by atoms with van der Waals surface area (Å²) in [6.45, 7) is 2.05. The Bertz CT molecular complexity index is 518. The van der Waals surface area contributed by atoms with Crippen LogP contribution in [0.5, 0.6) is 5.75 Å². The number of nitrogens with one attached hydrogen (secondary N) is 1. The third kappa shape index (κ3) is 2.59. The second-order valence-corrected chi connectivity index (χ2v) is 3.89. The Morgan fingerprint density at radius 1 is 1.22 bits per heavy atom. The van der Waals surface area contributed by atoms with Crippen LogP contribution in [0, 0.1) is 0 Å². The number of hydrogen-bond acceptors (Lipinski definition) is 4. The Hall–Kier alpha value is -2.10. The Morgan fingerprint density at radius 3 is 2.72 bits per heavy atom. The number of methoxy groups -OCH3 is 1. The molecule has 4 heteroatoms. The van der Waals surface area contributed by atoms with Crippen molar-refractivity contribution in [3.05, 3.63) is 36.2 Å². The molecule has 0 saturated carbocycles. The minimum Gasteiger partial charge on any atom is -0.497 e. The van der Waals surface area contributed by atoms with Gasteiger partial charge in [0.25, 0.3) is 0 Å². The van der Waals surface area contributed by atoms with Gasteiger partial charge in [0.1, 0.15) is 17.4 Å². The van der Waals surface area contributed by atoms with Gasteiger partial charge in [0.2, 0.25) is 0 Å². The summed E-state index contributed by atoms with van der Waals surface area (Å²) in [4.78, 5) is 8.92. The minimum absolute atomic E-state index is 0.812. The van der Waals surface area contributed by atoms with Crippen molar-refractivity contribution >= 4 is 5.82 Å². The molecule has 1 N–H and O–H groups in total. The Labute approximate surface area is 107 Å². The molecule has 2 aromatic rings. The summed E-state index contributed by atoms with van der Waals surface area (Å²) in [5, 5.41) is 3.06. The summed E-state index contributed by atoms with van der Waals surface area (Å²) in [5.41, 5.74) is 1.94. The summed E-state index contributed by atoms with van der Waals surface area (Å²) < 4.78 is 5.23. The summed E-state index contributed by atoms with van der Waals surface area (Å²) in [6.07, 6.45) is 0.812. The van der Waals surface area contributed by atoms with Crippen LogP contribution in [0.3, 0.4) is 0 Å². The largest absolute Gasteiger partial charge is 0.497 e. The minimum atomic E-state index is 0.812. The molecule has 0 radical (unpaired) electrons. The predicted octanol–water partition coefficient (Wildman–Crippen LogP) is 2.76. The number of nitrogens with zero attached hydrogens (tertiary/aromatic N) is 2. The standard InChI is InChI=1S/C14H17N3O/c1-4-13-16-12(9-14(15-2)17-13)10-6-5-7-11(8-10)18-3/h5-9H,4H2,1-3H3,(H,15,16,17). The van der Waals surface area contributed by atoms with Crippen LogP contribution in [0.1, 0.15) is 12.7 Å². The molecule has 0 saturated heterocycles. The summed E-state index contributed by atoms with van der Waals surface area (Å²) >= 11 is 0. The molecular weight excluding hydrogens is 226 g/mol. The van der Waals surface area contributed by atoms with Crippen LogP contribution >= 0.6 is 0 Å². The molecule has 0 aliphatic heterocycles. The fraction of sp³-hybridized carbons (Fsp3) is 0.286. The van der Waals surface area contributed by atoms with Crippen LogP contribution in [-0.4, -0.2) is 24.1 Å². The topological polar surface area (TPSA) is 47.0 Å². The first-order chi connectivity index (χ1) is 8.76. The van der Waals surface area contributed by atoms with E-state index in [1.165, 1.54) is 0 Å². The average Bonchev–Trinajstić information content (AvgIpc) is 2.46. The van der Waals surface area contributed by atoms with E-state index in [-0.39, 0.29) is 0 Å². The number of hydrogen-bond donors (Lipinski definition) is 1. The second kappa shape index (κ2) is 5.49. The van der Waals surface area contributed by atoms with Crippen molar-refractivity contribution in [3.8, 4) is 17.0 Å². The van der Waals surface area contributed by atoms with Crippen LogP contribution in [0.4, 0.5) is 5.82 Å². The fourth-order valence-corrected chi connectivity index (χ4v) is 1.71. The Morgan fingerprint density at radius 2 is 2.06 bits per heavy atom. The molecule has 1 aromatic heterocycles. The van der Waals surface area contributed by atoms with Crippen molar-refractivity contribution in [2.45, 2.75) is 13.3 Å². The molecule has 0 amide bonds. The van der Waals surface area contributed by atoms with Gasteiger partial charge in [-0.3, -0.25) is 0 Å². The monoisotopic (exact) mass is 243 g/mol. The smallest absolute Gasteiger partial charge is 0.131 e. The number of rotatable bonds is 4. The molecule has 0 fully saturated rings. The quantitative estimate of drug-likeness (QED) is 0.897. The zero-order valence-electron chi connectivity index (χ0n) is 10.9. The number of anilines is 1. The van der Waals surface area contributed by atoms with E-state index < -0.39 is 0 Å². The van der Waals surface area contributed by atoms with Crippen molar-refractivity contribution in [3.63, 3.8) is 0 Å². The normalized spacial score (nSPS) is 10.2. The molecule has 94 valence electrons. The average molecular weight is 243 g/mol. The third-order valence-electron chi connectivity index (χ3n) is 2.71. The molecule has 0 bridgehead atoms. The second-order valence-electron chi connectivity index (χ2n) is 3.89. The van der Waals surface area contributed by atoms with E-state index >= 15 is 0 Å². The molecule has 0 unspecified atom stereocenters. The van der Waals surface area contributed by atoms with Gasteiger partial charge < -0.3 is 10.1 Å². The predicted molar refractivity (Wildman–Crippen MR) is 72.9 cm³/mol. The van der Waals surface area contributed by atoms with E-state index in [2.05, 4.69) is 15.3 Å². The van der Waals surface area contributed by atoms with Gasteiger partial charge in [0.15, 0.2) is 0 Å². The molecule has 0 aliphatic rings. The van der Waals surface area contributed by atoms with Gasteiger partial charge in [0, 0.05) is 25.1 Å². The molecule has 0 aliphatic carbocycles. The van der Waals surface area contributed by atoms with Crippen molar-refractivity contribution in [2.75, 3.05) is 19.5 Å². The molecule has 4 nitrogen and oxygen atoms in total. The lowest BCUT2D eigenvalue weighted by atomic mass is 10.1. The van der Waals surface area contributed by atoms with Gasteiger partial charge in [-0.25, -0.2) is 9.97 Å². The van der Waals surface area contributed by atoms with E-state index in [1.807, 2.05) is 44.3 Å². The maximum absolute atomic E-state index is 5.23. The molecule has 0 atom stereocenters. The maximum Gasteiger partial charge on any atom is 0.131 e. The first-order valence-electron chi connectivity index (χ1n) is 5.97. The van der Waals surface area contributed by atoms with Crippen molar-refractivity contribution in [2.24, 2.45) is 0 Å². The molecule has 0 spiro atoms. The molecule has 1 aromatic carbocycles. The van der Waals surface area contributed by atoms with Crippen LogP contribution < -0.4 is 10.1 Å². The highest BCUT2D eigenvalue weighted by atomic mass is 16.5. The van der Waals surface area contributed by atoms with E-state index in [1.54, 1.807) is 7.11 Å². The molecule has 2 rings (SSSR count). The number of aryl methyl sites for hydroxylation is 1. The fourth-order valence-electron chi connectivity index (χ4n) is 1.71. The first-order valence-corrected chi connectivity index (χ1v) is 5.97. The molecule has 1 heterocycles. The van der Waals surface area contributed by atoms with E-state index in [0.717, 1.165) is 35.1 Å². The highest BCUT2D eigenvalue weighted by Gasteiger charge is 2.05. The van der Waals surface area contributed by atoms with E-state index in [9.17, 15) is 0 Å². The van der Waals surface area contributed by atoms with Gasteiger partial charge in [0.05, 0.1) is 12.8 Å². The van der Waals surface area contributed by atoms with Gasteiger partial charge in [-0.2, -0.15) is 0 Å². The number of benzene rings is 1. The molecular formula is C14H17N3O. The van der Waals surface area contributed by atoms with E-state index in [4.69, 9.17) is 4.74 Å². The SMILES string of the molecule is CCc1nc(NC)cc(-c2cccc(OC)c2)n1. The Balaban J connectivity index is 2.48. The van der Waals surface area contributed by atoms with Crippen LogP contribution in [0.15, 0.2) is 30.3 Å². The van der Waals surface area contributed by atoms with Gasteiger partial charge in [-0.1, -0.05) is 19.1 Å². The number of ether oxygens (including phenoxy) is 1. The zero-order chi connectivity index (χ0) is 13.0. The highest BCUT2D eigenvalue weighted by molar-refractivity contribution is 5.64. The van der Waals surface area contributed by atoms with Crippen LogP contribution in [0.25, 0.3) is 11.3 Å². The third-order valence-corrected chi connectivity index (χ3v) is 2.71. The van der Waals surface area contributed by atoms with Gasteiger partial charge in [-0.15, -0.1) is 0 Å². The highest BCUT2D eigenvalue weighted by Crippen LogP contribution is 2.23. The van der Waals surface area contributed by atoms with Crippen molar-refractivity contribution in [1.82, 2.24) is 9.97 Å². The van der Waals surface area contributed by atoms with Crippen LogP contribution in [-0.2, 0) is 6.42 Å². The summed E-state index contributed by atoms with van der Waals surface area (Å²) in [6, 6.07) is 9.81. The van der Waals surface area contributed by atoms with Crippen molar-refractivity contribution < 1.29 is 4.74 Å². The summed E-state index contributed by atoms with van der Waals surface area (Å²) in [5.74, 6) is 2.49. The maximum atomic E-state index is 5.23. The van der Waals surface area contributed by atoms with Gasteiger partial charge >= 0.3 is 0 Å². The first kappa shape index (κ1) is 12.4. The van der Waals surface area contributed by atoms with Crippen molar-refractivity contribution in [1.29, 1.82) is 0 Å². The van der Waals surface area contributed by atoms with Crippen LogP contribution in [0.2, 0.25) is 0 Å². The zero-order valence-corrected chi connectivity index (χ0v) is 10.9. The lowest BCUT2D eigenvalue weighted by Crippen LogP contribution is -2.00. The molecule has 18 heavy (non-hydrogen) atoms.